The summed E-state index contributed by atoms with van der Waals surface area (Å²) >= 11 is 0. The van der Waals surface area contributed by atoms with E-state index in [-0.39, 0.29) is 35.8 Å². The highest BCUT2D eigenvalue weighted by Gasteiger charge is 2.42. The predicted octanol–water partition coefficient (Wildman–Crippen LogP) is 5.26. The molecular weight excluding hydrogens is 410 g/mol. The van der Waals surface area contributed by atoms with Crippen LogP contribution >= 0.6 is 12.4 Å². The van der Waals surface area contributed by atoms with Gasteiger partial charge in [-0.05, 0) is 29.3 Å². The number of amides is 1. The second-order valence-corrected chi connectivity index (χ2v) is 5.88. The number of carbonyl (C=O) groups excluding carboxylic acids is 1. The monoisotopic (exact) mass is 426 g/mol. The molecule has 10 heteroatoms. The van der Waals surface area contributed by atoms with Crippen LogP contribution in [0.4, 0.5) is 32.0 Å². The summed E-state index contributed by atoms with van der Waals surface area (Å²) in [5.41, 5.74) is 4.03. The molecule has 0 aliphatic heterocycles. The van der Waals surface area contributed by atoms with Crippen molar-refractivity contribution in [2.75, 3.05) is 5.32 Å². The molecule has 2 rings (SSSR count). The number of hydrogen-bond donors (Lipinski definition) is 2. The summed E-state index contributed by atoms with van der Waals surface area (Å²) in [7, 11) is 0. The van der Waals surface area contributed by atoms with Crippen molar-refractivity contribution in [1.82, 2.24) is 0 Å². The molecule has 2 aromatic carbocycles. The van der Waals surface area contributed by atoms with Gasteiger partial charge < -0.3 is 11.1 Å². The molecule has 0 radical (unpaired) electrons. The average molecular weight is 427 g/mol. The van der Waals surface area contributed by atoms with Crippen molar-refractivity contribution < 1.29 is 31.1 Å². The van der Waals surface area contributed by atoms with E-state index in [1.54, 1.807) is 0 Å². The van der Waals surface area contributed by atoms with E-state index in [1.807, 2.05) is 0 Å². The van der Waals surface area contributed by atoms with Crippen molar-refractivity contribution >= 4 is 24.0 Å². The molecular formula is C18H17ClF6N2O. The van der Waals surface area contributed by atoms with Crippen LogP contribution in [0.2, 0.25) is 0 Å². The number of halogens is 7. The summed E-state index contributed by atoms with van der Waals surface area (Å²) in [4.78, 5) is 12.1. The standard InChI is InChI=1S/C18H16F6N2O.ClH/c19-17(20,21)13-6-11(10-25)7-14(8-13)26-16(27)9-15(18(22,23)24)12-4-2-1-3-5-12;/h1-8,15H,9-10,25H2,(H,26,27);1H. The number of carbonyl (C=O) groups is 1. The van der Waals surface area contributed by atoms with Crippen LogP contribution in [-0.2, 0) is 17.5 Å². The molecule has 0 saturated heterocycles. The fraction of sp³-hybridized carbons (Fsp3) is 0.278. The van der Waals surface area contributed by atoms with Crippen LogP contribution in [0.25, 0.3) is 0 Å². The van der Waals surface area contributed by atoms with Gasteiger partial charge in [0.25, 0.3) is 0 Å². The molecule has 1 amide bonds. The summed E-state index contributed by atoms with van der Waals surface area (Å²) in [5, 5.41) is 2.11. The third-order valence-corrected chi connectivity index (χ3v) is 3.83. The second-order valence-electron chi connectivity index (χ2n) is 5.88. The quantitative estimate of drug-likeness (QED) is 0.641. The number of alkyl halides is 6. The van der Waals surface area contributed by atoms with Crippen LogP contribution in [-0.4, -0.2) is 12.1 Å². The average Bonchev–Trinajstić information content (AvgIpc) is 2.58. The smallest absolute Gasteiger partial charge is 0.326 e. The van der Waals surface area contributed by atoms with Crippen molar-refractivity contribution in [3.8, 4) is 0 Å². The van der Waals surface area contributed by atoms with Crippen LogP contribution in [0, 0.1) is 0 Å². The lowest BCUT2D eigenvalue weighted by Gasteiger charge is -2.20. The van der Waals surface area contributed by atoms with Crippen molar-refractivity contribution in [2.45, 2.75) is 31.2 Å². The molecule has 0 heterocycles. The third kappa shape index (κ3) is 6.42. The van der Waals surface area contributed by atoms with Gasteiger partial charge in [-0.25, -0.2) is 0 Å². The van der Waals surface area contributed by atoms with Crippen LogP contribution in [0.3, 0.4) is 0 Å². The minimum Gasteiger partial charge on any atom is -0.326 e. The van der Waals surface area contributed by atoms with Gasteiger partial charge in [0, 0.05) is 18.7 Å². The van der Waals surface area contributed by atoms with Crippen LogP contribution in [0.15, 0.2) is 48.5 Å². The number of benzene rings is 2. The van der Waals surface area contributed by atoms with E-state index in [0.717, 1.165) is 6.07 Å². The van der Waals surface area contributed by atoms with Crippen molar-refractivity contribution in [1.29, 1.82) is 0 Å². The molecule has 28 heavy (non-hydrogen) atoms. The van der Waals surface area contributed by atoms with Gasteiger partial charge in [-0.1, -0.05) is 30.3 Å². The zero-order valence-electron chi connectivity index (χ0n) is 14.3. The fourth-order valence-electron chi connectivity index (χ4n) is 2.55. The molecule has 0 aliphatic carbocycles. The Morgan fingerprint density at radius 3 is 2.11 bits per heavy atom. The highest BCUT2D eigenvalue weighted by Crippen LogP contribution is 2.38. The Kier molecular flexibility index (Phi) is 7.89. The molecule has 0 saturated carbocycles. The van der Waals surface area contributed by atoms with Gasteiger partial charge >= 0.3 is 12.4 Å². The molecule has 0 aromatic heterocycles. The van der Waals surface area contributed by atoms with Gasteiger partial charge in [0.15, 0.2) is 0 Å². The molecule has 2 aromatic rings. The first-order valence-corrected chi connectivity index (χ1v) is 7.83. The Bertz CT molecular complexity index is 793. The molecule has 0 spiro atoms. The Balaban J connectivity index is 0.00000392. The Morgan fingerprint density at radius 2 is 1.61 bits per heavy atom. The van der Waals surface area contributed by atoms with Crippen molar-refractivity contribution in [3.05, 3.63) is 65.2 Å². The van der Waals surface area contributed by atoms with Gasteiger partial charge in [0.05, 0.1) is 11.5 Å². The summed E-state index contributed by atoms with van der Waals surface area (Å²) < 4.78 is 78.6. The number of hydrogen-bond acceptors (Lipinski definition) is 2. The summed E-state index contributed by atoms with van der Waals surface area (Å²) in [5.74, 6) is -3.12. The van der Waals surface area contributed by atoms with E-state index in [2.05, 4.69) is 5.32 Å². The van der Waals surface area contributed by atoms with Crippen LogP contribution in [0.5, 0.6) is 0 Å². The third-order valence-electron chi connectivity index (χ3n) is 3.83. The Morgan fingerprint density at radius 1 is 1.00 bits per heavy atom. The number of anilines is 1. The summed E-state index contributed by atoms with van der Waals surface area (Å²) in [6.45, 7) is -0.220. The van der Waals surface area contributed by atoms with E-state index in [0.29, 0.717) is 6.07 Å². The molecule has 1 atom stereocenters. The summed E-state index contributed by atoms with van der Waals surface area (Å²) in [6, 6.07) is 9.50. The lowest BCUT2D eigenvalue weighted by atomic mass is 9.94. The topological polar surface area (TPSA) is 55.1 Å². The lowest BCUT2D eigenvalue weighted by Crippen LogP contribution is -2.26. The zero-order valence-corrected chi connectivity index (χ0v) is 15.1. The molecule has 3 nitrogen and oxygen atoms in total. The van der Waals surface area contributed by atoms with Crippen molar-refractivity contribution in [3.63, 3.8) is 0 Å². The van der Waals surface area contributed by atoms with E-state index in [4.69, 9.17) is 5.73 Å². The fourth-order valence-corrected chi connectivity index (χ4v) is 2.55. The Labute approximate surface area is 163 Å². The van der Waals surface area contributed by atoms with Crippen LogP contribution < -0.4 is 11.1 Å². The zero-order chi connectivity index (χ0) is 20.2. The molecule has 0 fully saturated rings. The Hall–Kier alpha value is -2.26. The number of rotatable bonds is 5. The first-order valence-electron chi connectivity index (χ1n) is 7.83. The molecule has 154 valence electrons. The second kappa shape index (κ2) is 9.29. The minimum absolute atomic E-state index is 0. The van der Waals surface area contributed by atoms with Gasteiger partial charge in [-0.15, -0.1) is 12.4 Å². The molecule has 1 unspecified atom stereocenters. The van der Waals surface area contributed by atoms with Gasteiger partial charge in [-0.3, -0.25) is 4.79 Å². The lowest BCUT2D eigenvalue weighted by molar-refractivity contribution is -0.155. The molecule has 0 bridgehead atoms. The minimum atomic E-state index is -4.69. The van der Waals surface area contributed by atoms with Gasteiger partial charge in [0.2, 0.25) is 5.91 Å². The molecule has 0 aliphatic rings. The van der Waals surface area contributed by atoms with E-state index >= 15 is 0 Å². The maximum Gasteiger partial charge on any atom is 0.416 e. The van der Waals surface area contributed by atoms with E-state index in [1.165, 1.54) is 36.4 Å². The van der Waals surface area contributed by atoms with Gasteiger partial charge in [-0.2, -0.15) is 26.3 Å². The normalized spacial score (nSPS) is 12.8. The highest BCUT2D eigenvalue weighted by atomic mass is 35.5. The highest BCUT2D eigenvalue weighted by molar-refractivity contribution is 5.91. The van der Waals surface area contributed by atoms with Gasteiger partial charge in [0.1, 0.15) is 0 Å². The van der Waals surface area contributed by atoms with E-state index < -0.39 is 36.2 Å². The van der Waals surface area contributed by atoms with Crippen LogP contribution in [0.1, 0.15) is 29.0 Å². The first kappa shape index (κ1) is 23.8. The SMILES string of the molecule is Cl.NCc1cc(NC(=O)CC(c2ccccc2)C(F)(F)F)cc(C(F)(F)F)c1. The molecule has 3 N–H and O–H groups in total. The summed E-state index contributed by atoms with van der Waals surface area (Å²) in [6.07, 6.45) is -10.3. The largest absolute Gasteiger partial charge is 0.416 e. The number of nitrogens with one attached hydrogen (secondary N) is 1. The predicted molar refractivity (Wildman–Crippen MR) is 95.1 cm³/mol. The van der Waals surface area contributed by atoms with E-state index in [9.17, 15) is 31.1 Å². The maximum absolute atomic E-state index is 13.3. The van der Waals surface area contributed by atoms with Crippen molar-refractivity contribution in [2.24, 2.45) is 5.73 Å². The number of nitrogens with two attached hydrogens (primary N) is 1. The maximum atomic E-state index is 13.3. The first-order chi connectivity index (χ1) is 12.5.